The summed E-state index contributed by atoms with van der Waals surface area (Å²) in [6.45, 7) is 0. The van der Waals surface area contributed by atoms with Gasteiger partial charge in [-0.1, -0.05) is 24.3 Å². The zero-order valence-corrected chi connectivity index (χ0v) is 15.5. The first-order valence-electron chi connectivity index (χ1n) is 8.04. The van der Waals surface area contributed by atoms with Gasteiger partial charge in [0.15, 0.2) is 5.58 Å². The molecule has 0 saturated carbocycles. The number of rotatable bonds is 4. The second kappa shape index (κ2) is 7.13. The van der Waals surface area contributed by atoms with Crippen molar-refractivity contribution in [3.8, 4) is 11.5 Å². The Labute approximate surface area is 162 Å². The first kappa shape index (κ1) is 17.1. The number of benzene rings is 3. The number of nitro groups is 1. The molecule has 0 spiro atoms. The molecule has 0 bridgehead atoms. The van der Waals surface area contributed by atoms with Crippen molar-refractivity contribution in [2.24, 2.45) is 4.99 Å². The summed E-state index contributed by atoms with van der Waals surface area (Å²) in [7, 11) is 0. The Kier molecular flexibility index (Phi) is 4.52. The molecule has 0 atom stereocenters. The van der Waals surface area contributed by atoms with Crippen LogP contribution < -0.4 is 0 Å². The minimum Gasteiger partial charge on any atom is -0.436 e. The molecule has 0 radical (unpaired) electrons. The molecule has 0 unspecified atom stereocenters. The summed E-state index contributed by atoms with van der Waals surface area (Å²) in [6, 6.07) is 19.4. The van der Waals surface area contributed by atoms with Crippen molar-refractivity contribution >= 4 is 44.6 Å². The molecule has 0 fully saturated rings. The number of nitrogens with zero attached hydrogens (tertiary/aromatic N) is 3. The minimum atomic E-state index is -0.429. The van der Waals surface area contributed by atoms with E-state index >= 15 is 0 Å². The lowest BCUT2D eigenvalue weighted by molar-refractivity contribution is -0.384. The second-order valence-electron chi connectivity index (χ2n) is 5.76. The molecule has 1 heterocycles. The number of aromatic nitrogens is 1. The third-order valence-electron chi connectivity index (χ3n) is 3.92. The Morgan fingerprint density at radius 1 is 1.07 bits per heavy atom. The molecule has 4 aromatic rings. The fourth-order valence-electron chi connectivity index (χ4n) is 2.61. The van der Waals surface area contributed by atoms with Gasteiger partial charge in [-0.3, -0.25) is 15.1 Å². The first-order chi connectivity index (χ1) is 13.1. The van der Waals surface area contributed by atoms with Crippen LogP contribution in [0.2, 0.25) is 0 Å². The van der Waals surface area contributed by atoms with Crippen molar-refractivity contribution in [2.75, 3.05) is 0 Å². The Bertz CT molecular complexity index is 1180. The van der Waals surface area contributed by atoms with Gasteiger partial charge < -0.3 is 4.42 Å². The van der Waals surface area contributed by atoms with E-state index in [-0.39, 0.29) is 5.69 Å². The van der Waals surface area contributed by atoms with Gasteiger partial charge >= 0.3 is 0 Å². The fraction of sp³-hybridized carbons (Fsp3) is 0. The van der Waals surface area contributed by atoms with Gasteiger partial charge in [0, 0.05) is 22.8 Å². The van der Waals surface area contributed by atoms with Crippen LogP contribution >= 0.6 is 15.9 Å². The molecular formula is C20H12BrN3O3. The molecule has 0 saturated heterocycles. The summed E-state index contributed by atoms with van der Waals surface area (Å²) >= 11 is 3.50. The van der Waals surface area contributed by atoms with E-state index in [0.717, 1.165) is 10.0 Å². The third kappa shape index (κ3) is 3.63. The van der Waals surface area contributed by atoms with E-state index in [0.29, 0.717) is 28.2 Å². The van der Waals surface area contributed by atoms with Crippen LogP contribution in [-0.4, -0.2) is 16.1 Å². The van der Waals surface area contributed by atoms with E-state index in [1.165, 1.54) is 12.1 Å². The predicted octanol–water partition coefficient (Wildman–Crippen LogP) is 5.92. The van der Waals surface area contributed by atoms with Crippen LogP contribution in [-0.2, 0) is 0 Å². The Balaban J connectivity index is 1.65. The van der Waals surface area contributed by atoms with E-state index in [2.05, 4.69) is 25.9 Å². The van der Waals surface area contributed by atoms with E-state index < -0.39 is 4.92 Å². The fourth-order valence-corrected chi connectivity index (χ4v) is 3.07. The summed E-state index contributed by atoms with van der Waals surface area (Å²) < 4.78 is 6.73. The lowest BCUT2D eigenvalue weighted by atomic mass is 10.2. The molecule has 1 aromatic heterocycles. The van der Waals surface area contributed by atoms with Crippen LogP contribution in [0.3, 0.4) is 0 Å². The van der Waals surface area contributed by atoms with Crippen molar-refractivity contribution in [3.63, 3.8) is 0 Å². The standard InChI is InChI=1S/C20H12BrN3O3/c21-17-7-2-1-6-16(17)20-23-18-11-14(8-9-19(18)27-20)22-12-13-4-3-5-15(10-13)24(25)26/h1-12H. The van der Waals surface area contributed by atoms with Gasteiger partial charge in [0.25, 0.3) is 5.69 Å². The maximum absolute atomic E-state index is 10.9. The molecule has 7 heteroatoms. The van der Waals surface area contributed by atoms with E-state index in [9.17, 15) is 10.1 Å². The maximum atomic E-state index is 10.9. The summed E-state index contributed by atoms with van der Waals surface area (Å²) in [5.41, 5.74) is 3.59. The van der Waals surface area contributed by atoms with Crippen LogP contribution in [0.1, 0.15) is 5.56 Å². The lowest BCUT2D eigenvalue weighted by Crippen LogP contribution is -1.89. The molecule has 0 amide bonds. The number of halogens is 1. The molecule has 27 heavy (non-hydrogen) atoms. The highest BCUT2D eigenvalue weighted by Crippen LogP contribution is 2.31. The van der Waals surface area contributed by atoms with Crippen LogP contribution in [0, 0.1) is 10.1 Å². The van der Waals surface area contributed by atoms with Crippen molar-refractivity contribution in [3.05, 3.63) is 86.9 Å². The summed E-state index contributed by atoms with van der Waals surface area (Å²) in [5.74, 6) is 0.525. The van der Waals surface area contributed by atoms with Crippen LogP contribution in [0.15, 0.2) is 80.6 Å². The third-order valence-corrected chi connectivity index (χ3v) is 4.61. The van der Waals surface area contributed by atoms with Crippen LogP contribution in [0.5, 0.6) is 0 Å². The molecule has 0 N–H and O–H groups in total. The van der Waals surface area contributed by atoms with Gasteiger partial charge in [-0.15, -0.1) is 0 Å². The molecular weight excluding hydrogens is 410 g/mol. The van der Waals surface area contributed by atoms with Crippen LogP contribution in [0.4, 0.5) is 11.4 Å². The van der Waals surface area contributed by atoms with Gasteiger partial charge in [-0.2, -0.15) is 0 Å². The molecule has 0 aliphatic carbocycles. The number of non-ortho nitro benzene ring substituents is 1. The highest BCUT2D eigenvalue weighted by atomic mass is 79.9. The number of hydrogen-bond acceptors (Lipinski definition) is 5. The first-order valence-corrected chi connectivity index (χ1v) is 8.83. The van der Waals surface area contributed by atoms with Crippen molar-refractivity contribution in [1.29, 1.82) is 0 Å². The van der Waals surface area contributed by atoms with E-state index in [4.69, 9.17) is 4.42 Å². The number of hydrogen-bond donors (Lipinski definition) is 0. The van der Waals surface area contributed by atoms with Gasteiger partial charge in [-0.25, -0.2) is 4.98 Å². The topological polar surface area (TPSA) is 81.5 Å². The lowest BCUT2D eigenvalue weighted by Gasteiger charge is -1.97. The minimum absolute atomic E-state index is 0.0315. The molecule has 3 aromatic carbocycles. The Morgan fingerprint density at radius 3 is 2.74 bits per heavy atom. The number of oxazole rings is 1. The Hall–Kier alpha value is -3.32. The van der Waals surface area contributed by atoms with E-state index in [1.54, 1.807) is 18.3 Å². The number of aliphatic imine (C=N–C) groups is 1. The SMILES string of the molecule is O=[N+]([O-])c1cccc(C=Nc2ccc3oc(-c4ccccc4Br)nc3c2)c1. The maximum Gasteiger partial charge on any atom is 0.270 e. The highest BCUT2D eigenvalue weighted by molar-refractivity contribution is 9.10. The average molecular weight is 422 g/mol. The van der Waals surface area contributed by atoms with E-state index in [1.807, 2.05) is 42.5 Å². The molecule has 4 rings (SSSR count). The zero-order valence-electron chi connectivity index (χ0n) is 13.9. The average Bonchev–Trinajstić information content (AvgIpc) is 3.10. The monoisotopic (exact) mass is 421 g/mol. The van der Waals surface area contributed by atoms with Gasteiger partial charge in [0.05, 0.1) is 16.2 Å². The number of nitro benzene ring substituents is 1. The molecule has 0 aliphatic heterocycles. The largest absolute Gasteiger partial charge is 0.436 e. The predicted molar refractivity (Wildman–Crippen MR) is 107 cm³/mol. The van der Waals surface area contributed by atoms with Crippen molar-refractivity contribution in [2.45, 2.75) is 0 Å². The second-order valence-corrected chi connectivity index (χ2v) is 6.62. The Morgan fingerprint density at radius 2 is 1.93 bits per heavy atom. The van der Waals surface area contributed by atoms with Crippen molar-refractivity contribution < 1.29 is 9.34 Å². The quantitative estimate of drug-likeness (QED) is 0.232. The summed E-state index contributed by atoms with van der Waals surface area (Å²) in [5, 5.41) is 10.9. The molecule has 0 aliphatic rings. The summed E-state index contributed by atoms with van der Waals surface area (Å²) in [4.78, 5) is 19.4. The highest BCUT2D eigenvalue weighted by Gasteiger charge is 2.11. The molecule has 132 valence electrons. The number of fused-ring (bicyclic) bond motifs is 1. The smallest absolute Gasteiger partial charge is 0.270 e. The normalized spacial score (nSPS) is 11.3. The van der Waals surface area contributed by atoms with Crippen LogP contribution in [0.25, 0.3) is 22.6 Å². The molecule has 6 nitrogen and oxygen atoms in total. The van der Waals surface area contributed by atoms with Gasteiger partial charge in [0.2, 0.25) is 5.89 Å². The zero-order chi connectivity index (χ0) is 18.8. The summed E-state index contributed by atoms with van der Waals surface area (Å²) in [6.07, 6.45) is 1.59. The van der Waals surface area contributed by atoms with Gasteiger partial charge in [0.1, 0.15) is 5.52 Å². The van der Waals surface area contributed by atoms with Crippen molar-refractivity contribution in [1.82, 2.24) is 4.98 Å². The van der Waals surface area contributed by atoms with Gasteiger partial charge in [-0.05, 0) is 51.8 Å².